The molecule has 2 aliphatic rings. The molecule has 0 unspecified atom stereocenters. The highest BCUT2D eigenvalue weighted by Crippen LogP contribution is 2.41. The van der Waals surface area contributed by atoms with Gasteiger partial charge >= 0.3 is 0 Å². The molecule has 1 amide bonds. The van der Waals surface area contributed by atoms with Crippen LogP contribution < -0.4 is 16.0 Å². The lowest BCUT2D eigenvalue weighted by atomic mass is 9.85. The Balaban J connectivity index is 1.34. The first-order chi connectivity index (χ1) is 17.3. The Morgan fingerprint density at radius 1 is 1.22 bits per heavy atom. The summed E-state index contributed by atoms with van der Waals surface area (Å²) >= 11 is 6.50. The molecule has 3 N–H and O–H groups in total. The van der Waals surface area contributed by atoms with E-state index in [9.17, 15) is 9.59 Å². The molecule has 2 fully saturated rings. The Morgan fingerprint density at radius 3 is 2.69 bits per heavy atom. The maximum absolute atomic E-state index is 13.2. The van der Waals surface area contributed by atoms with Crippen LogP contribution in [-0.2, 0) is 7.05 Å². The van der Waals surface area contributed by atoms with Gasteiger partial charge in [-0.15, -0.1) is 0 Å². The summed E-state index contributed by atoms with van der Waals surface area (Å²) in [6.45, 7) is 2.88. The summed E-state index contributed by atoms with van der Waals surface area (Å²) in [6.07, 6.45) is 9.63. The molecule has 1 saturated heterocycles. The predicted octanol–water partition coefficient (Wildman–Crippen LogP) is 4.46. The molecule has 1 aliphatic carbocycles. The highest BCUT2D eigenvalue weighted by atomic mass is 35.5. The molecule has 2 aromatic heterocycles. The van der Waals surface area contributed by atoms with Gasteiger partial charge in [-0.2, -0.15) is 5.10 Å². The molecule has 2 atom stereocenters. The SMILES string of the molecule is C[C@@H]1[C@H](CC(=O)c2ccc(C3CC3)cc2Cl)CCCN1c1cnc(C(N)=O)c(Nc2cnn(C)c2)n1. The number of hydrogen-bond acceptors (Lipinski definition) is 7. The number of aryl methyl sites for hydroxylation is 1. The summed E-state index contributed by atoms with van der Waals surface area (Å²) < 4.78 is 1.64. The van der Waals surface area contributed by atoms with Gasteiger partial charge in [-0.25, -0.2) is 9.97 Å². The second-order valence-corrected chi connectivity index (χ2v) is 10.2. The first-order valence-corrected chi connectivity index (χ1v) is 12.7. The lowest BCUT2D eigenvalue weighted by Crippen LogP contribution is -2.44. The monoisotopic (exact) mass is 507 g/mol. The molecule has 0 radical (unpaired) electrons. The molecule has 3 aromatic rings. The van der Waals surface area contributed by atoms with Crippen LogP contribution in [0.5, 0.6) is 0 Å². The van der Waals surface area contributed by atoms with Crippen molar-refractivity contribution in [1.82, 2.24) is 19.7 Å². The van der Waals surface area contributed by atoms with Gasteiger partial charge in [-0.3, -0.25) is 14.3 Å². The number of benzene rings is 1. The van der Waals surface area contributed by atoms with Crippen molar-refractivity contribution in [1.29, 1.82) is 0 Å². The van der Waals surface area contributed by atoms with E-state index >= 15 is 0 Å². The van der Waals surface area contributed by atoms with Gasteiger partial charge in [0.1, 0.15) is 5.82 Å². The molecule has 36 heavy (non-hydrogen) atoms. The fourth-order valence-corrected chi connectivity index (χ4v) is 5.30. The molecular weight excluding hydrogens is 478 g/mol. The normalized spacial score (nSPS) is 19.8. The third kappa shape index (κ3) is 5.06. The third-order valence-electron chi connectivity index (χ3n) is 7.19. The van der Waals surface area contributed by atoms with Gasteiger partial charge in [0.25, 0.3) is 5.91 Å². The van der Waals surface area contributed by atoms with E-state index in [0.717, 1.165) is 19.4 Å². The van der Waals surface area contributed by atoms with E-state index in [4.69, 9.17) is 22.3 Å². The Labute approximate surface area is 215 Å². The first-order valence-electron chi connectivity index (χ1n) is 12.3. The number of nitrogens with zero attached hydrogens (tertiary/aromatic N) is 5. The van der Waals surface area contributed by atoms with Gasteiger partial charge in [0.15, 0.2) is 17.3 Å². The van der Waals surface area contributed by atoms with Crippen molar-refractivity contribution < 1.29 is 9.59 Å². The number of carbonyl (C=O) groups excluding carboxylic acids is 2. The average molecular weight is 508 g/mol. The predicted molar refractivity (Wildman–Crippen MR) is 139 cm³/mol. The number of aromatic nitrogens is 4. The van der Waals surface area contributed by atoms with Gasteiger partial charge in [-0.05, 0) is 62.1 Å². The van der Waals surface area contributed by atoms with Crippen molar-refractivity contribution in [2.24, 2.45) is 18.7 Å². The number of nitrogens with two attached hydrogens (primary N) is 1. The van der Waals surface area contributed by atoms with Crippen LogP contribution in [0.4, 0.5) is 17.3 Å². The number of rotatable bonds is 8. The molecular formula is C26H30ClN7O2. The number of nitrogens with one attached hydrogen (secondary N) is 1. The molecule has 1 aliphatic heterocycles. The first kappa shape index (κ1) is 24.2. The zero-order valence-electron chi connectivity index (χ0n) is 20.4. The maximum Gasteiger partial charge on any atom is 0.271 e. The zero-order valence-corrected chi connectivity index (χ0v) is 21.2. The highest BCUT2D eigenvalue weighted by molar-refractivity contribution is 6.34. The number of piperidine rings is 1. The van der Waals surface area contributed by atoms with Crippen LogP contribution in [0, 0.1) is 5.92 Å². The smallest absolute Gasteiger partial charge is 0.271 e. The Morgan fingerprint density at radius 2 is 2.03 bits per heavy atom. The van der Waals surface area contributed by atoms with Crippen molar-refractivity contribution in [2.75, 3.05) is 16.8 Å². The van der Waals surface area contributed by atoms with E-state index in [1.54, 1.807) is 30.3 Å². The quantitative estimate of drug-likeness (QED) is 0.432. The minimum Gasteiger partial charge on any atom is -0.364 e. The average Bonchev–Trinajstić information content (AvgIpc) is 3.62. The summed E-state index contributed by atoms with van der Waals surface area (Å²) in [6, 6.07) is 5.93. The summed E-state index contributed by atoms with van der Waals surface area (Å²) in [7, 11) is 1.80. The van der Waals surface area contributed by atoms with Crippen LogP contribution in [0.2, 0.25) is 5.02 Å². The molecule has 1 saturated carbocycles. The van der Waals surface area contributed by atoms with E-state index in [1.165, 1.54) is 18.4 Å². The summed E-state index contributed by atoms with van der Waals surface area (Å²) in [5.41, 5.74) is 8.09. The number of ketones is 1. The van der Waals surface area contributed by atoms with Crippen LogP contribution in [0.1, 0.15) is 71.4 Å². The van der Waals surface area contributed by atoms with E-state index in [2.05, 4.69) is 27.2 Å². The second kappa shape index (κ2) is 9.89. The number of Topliss-reactive ketones (excluding diaryl/α,β-unsaturated/α-hetero) is 1. The van der Waals surface area contributed by atoms with Crippen LogP contribution in [0.15, 0.2) is 36.8 Å². The van der Waals surface area contributed by atoms with Crippen molar-refractivity contribution in [3.8, 4) is 0 Å². The molecule has 10 heteroatoms. The minimum absolute atomic E-state index is 0.0483. The number of halogens is 1. The topological polar surface area (TPSA) is 119 Å². The number of amides is 1. The van der Waals surface area contributed by atoms with Crippen LogP contribution >= 0.6 is 11.6 Å². The van der Waals surface area contributed by atoms with E-state index < -0.39 is 5.91 Å². The summed E-state index contributed by atoms with van der Waals surface area (Å²) in [5.74, 6) is 1.04. The highest BCUT2D eigenvalue weighted by Gasteiger charge is 2.32. The van der Waals surface area contributed by atoms with Gasteiger partial charge < -0.3 is 16.0 Å². The van der Waals surface area contributed by atoms with Crippen LogP contribution in [0.25, 0.3) is 0 Å². The lowest BCUT2D eigenvalue weighted by molar-refractivity contribution is 0.0945. The van der Waals surface area contributed by atoms with Crippen molar-refractivity contribution in [3.63, 3.8) is 0 Å². The van der Waals surface area contributed by atoms with Gasteiger partial charge in [0, 0.05) is 37.8 Å². The molecule has 0 bridgehead atoms. The number of primary amides is 1. The fourth-order valence-electron chi connectivity index (χ4n) is 5.00. The zero-order chi connectivity index (χ0) is 25.4. The van der Waals surface area contributed by atoms with Crippen molar-refractivity contribution in [3.05, 3.63) is 58.6 Å². The van der Waals surface area contributed by atoms with Gasteiger partial charge in [0.2, 0.25) is 0 Å². The van der Waals surface area contributed by atoms with Crippen LogP contribution in [0.3, 0.4) is 0 Å². The fraction of sp³-hybridized carbons (Fsp3) is 0.423. The molecule has 188 valence electrons. The lowest BCUT2D eigenvalue weighted by Gasteiger charge is -2.40. The third-order valence-corrected chi connectivity index (χ3v) is 7.51. The Hall–Kier alpha value is -3.46. The van der Waals surface area contributed by atoms with Gasteiger partial charge in [-0.1, -0.05) is 17.7 Å². The van der Waals surface area contributed by atoms with E-state index in [0.29, 0.717) is 34.4 Å². The standard InChI is InChI=1S/C26H30ClN7O2/c1-15-17(11-22(35)20-8-7-18(10-21(20)27)16-5-6-16)4-3-9-34(15)23-13-29-24(25(28)36)26(32-23)31-19-12-30-33(2)14-19/h7-8,10,12-17H,3-6,9,11H2,1-2H3,(H2,28,36)(H,31,32)/t15-,17+/m1/s1. The largest absolute Gasteiger partial charge is 0.364 e. The molecule has 1 aromatic carbocycles. The van der Waals surface area contributed by atoms with Crippen molar-refractivity contribution >= 4 is 40.6 Å². The Bertz CT molecular complexity index is 1300. The Kier molecular flexibility index (Phi) is 6.66. The molecule has 0 spiro atoms. The summed E-state index contributed by atoms with van der Waals surface area (Å²) in [4.78, 5) is 36.3. The van der Waals surface area contributed by atoms with Crippen LogP contribution in [-0.4, -0.2) is 44.0 Å². The van der Waals surface area contributed by atoms with E-state index in [1.807, 2.05) is 18.2 Å². The number of carbonyl (C=O) groups is 2. The summed E-state index contributed by atoms with van der Waals surface area (Å²) in [5, 5.41) is 7.78. The molecule has 5 rings (SSSR count). The number of hydrogen-bond donors (Lipinski definition) is 2. The molecule has 3 heterocycles. The number of anilines is 3. The molecule has 9 nitrogen and oxygen atoms in total. The maximum atomic E-state index is 13.2. The van der Waals surface area contributed by atoms with Gasteiger partial charge in [0.05, 0.1) is 23.1 Å². The minimum atomic E-state index is -0.666. The van der Waals surface area contributed by atoms with E-state index in [-0.39, 0.29) is 29.3 Å². The van der Waals surface area contributed by atoms with Crippen molar-refractivity contribution in [2.45, 2.75) is 51.0 Å². The second-order valence-electron chi connectivity index (χ2n) is 9.79.